The number of nitrogens with zero attached hydrogens (tertiary/aromatic N) is 3. The standard InChI is InChI=1S/C21H27Cl2N3O2S/c1-15-18(16(2)28-24-15)13-29-14-21(27)26(10-9-25-7-3-4-8-25)12-17-5-6-19(22)20(23)11-17/h5-6,11H,3-4,7-10,12-14H2,1-2H3. The number of aromatic nitrogens is 1. The van der Waals surface area contributed by atoms with Crippen LogP contribution in [0.25, 0.3) is 0 Å². The maximum Gasteiger partial charge on any atom is 0.232 e. The molecule has 0 radical (unpaired) electrons. The van der Waals surface area contributed by atoms with Crippen molar-refractivity contribution in [1.29, 1.82) is 0 Å². The Morgan fingerprint density at radius 1 is 1.24 bits per heavy atom. The highest BCUT2D eigenvalue weighted by Gasteiger charge is 2.19. The minimum Gasteiger partial charge on any atom is -0.361 e. The minimum absolute atomic E-state index is 0.132. The van der Waals surface area contributed by atoms with Gasteiger partial charge < -0.3 is 14.3 Å². The lowest BCUT2D eigenvalue weighted by molar-refractivity contribution is -0.129. The van der Waals surface area contributed by atoms with E-state index in [9.17, 15) is 4.79 Å². The van der Waals surface area contributed by atoms with Crippen LogP contribution in [0.5, 0.6) is 0 Å². The first-order chi connectivity index (χ1) is 13.9. The molecule has 1 saturated heterocycles. The van der Waals surface area contributed by atoms with Gasteiger partial charge in [0.15, 0.2) is 0 Å². The van der Waals surface area contributed by atoms with Crippen molar-refractivity contribution in [2.24, 2.45) is 0 Å². The monoisotopic (exact) mass is 455 g/mol. The van der Waals surface area contributed by atoms with Crippen LogP contribution < -0.4 is 0 Å². The number of hydrogen-bond acceptors (Lipinski definition) is 5. The molecular formula is C21H27Cl2N3O2S. The Morgan fingerprint density at radius 3 is 2.66 bits per heavy atom. The number of aryl methyl sites for hydroxylation is 2. The minimum atomic E-state index is 0.132. The van der Waals surface area contributed by atoms with Crippen LogP contribution >= 0.6 is 35.0 Å². The average molecular weight is 456 g/mol. The number of thioether (sulfide) groups is 1. The molecule has 1 fully saturated rings. The van der Waals surface area contributed by atoms with E-state index in [1.165, 1.54) is 12.8 Å². The zero-order chi connectivity index (χ0) is 20.8. The fourth-order valence-electron chi connectivity index (χ4n) is 3.46. The molecule has 3 rings (SSSR count). The summed E-state index contributed by atoms with van der Waals surface area (Å²) in [6, 6.07) is 5.56. The molecule has 1 amide bonds. The largest absolute Gasteiger partial charge is 0.361 e. The summed E-state index contributed by atoms with van der Waals surface area (Å²) in [6.07, 6.45) is 2.49. The number of benzene rings is 1. The van der Waals surface area contributed by atoms with Crippen molar-refractivity contribution in [2.75, 3.05) is 31.9 Å². The van der Waals surface area contributed by atoms with E-state index in [0.29, 0.717) is 28.9 Å². The van der Waals surface area contributed by atoms with Crippen LogP contribution in [0.2, 0.25) is 10.0 Å². The van der Waals surface area contributed by atoms with E-state index >= 15 is 0 Å². The Hall–Kier alpha value is -1.21. The molecule has 1 aromatic carbocycles. The smallest absolute Gasteiger partial charge is 0.232 e. The molecule has 1 aromatic heterocycles. The van der Waals surface area contributed by atoms with Gasteiger partial charge in [-0.2, -0.15) is 0 Å². The molecule has 2 aromatic rings. The zero-order valence-electron chi connectivity index (χ0n) is 16.9. The maximum absolute atomic E-state index is 13.0. The summed E-state index contributed by atoms with van der Waals surface area (Å²) >= 11 is 13.8. The number of likely N-dealkylation sites (tertiary alicyclic amines) is 1. The van der Waals surface area contributed by atoms with Crippen LogP contribution in [0, 0.1) is 13.8 Å². The highest BCUT2D eigenvalue weighted by atomic mass is 35.5. The Labute approximate surface area is 186 Å². The second-order valence-corrected chi connectivity index (χ2v) is 9.21. The fraction of sp³-hybridized carbons (Fsp3) is 0.524. The lowest BCUT2D eigenvalue weighted by Gasteiger charge is -2.26. The molecule has 0 saturated carbocycles. The van der Waals surface area contributed by atoms with E-state index in [4.69, 9.17) is 27.7 Å². The Morgan fingerprint density at radius 2 is 2.00 bits per heavy atom. The fourth-order valence-corrected chi connectivity index (χ4v) is 4.85. The second-order valence-electron chi connectivity index (χ2n) is 7.41. The highest BCUT2D eigenvalue weighted by molar-refractivity contribution is 7.99. The molecule has 0 bridgehead atoms. The first-order valence-corrected chi connectivity index (χ1v) is 11.8. The quantitative estimate of drug-likeness (QED) is 0.534. The Bertz CT molecular complexity index is 818. The number of halogens is 2. The summed E-state index contributed by atoms with van der Waals surface area (Å²) in [5.41, 5.74) is 2.96. The second kappa shape index (κ2) is 10.7. The van der Waals surface area contributed by atoms with Crippen LogP contribution in [-0.4, -0.2) is 52.8 Å². The van der Waals surface area contributed by atoms with Crippen molar-refractivity contribution in [3.05, 3.63) is 50.8 Å². The molecule has 2 heterocycles. The summed E-state index contributed by atoms with van der Waals surface area (Å²) in [7, 11) is 0. The van der Waals surface area contributed by atoms with Crippen LogP contribution in [-0.2, 0) is 17.1 Å². The lowest BCUT2D eigenvalue weighted by atomic mass is 10.2. The lowest BCUT2D eigenvalue weighted by Crippen LogP contribution is -2.38. The highest BCUT2D eigenvalue weighted by Crippen LogP contribution is 2.24. The predicted molar refractivity (Wildman–Crippen MR) is 120 cm³/mol. The number of carbonyl (C=O) groups is 1. The van der Waals surface area contributed by atoms with Crippen molar-refractivity contribution in [1.82, 2.24) is 15.0 Å². The SMILES string of the molecule is Cc1noc(C)c1CSCC(=O)N(CCN1CCCC1)Cc1ccc(Cl)c(Cl)c1. The van der Waals surface area contributed by atoms with Gasteiger partial charge in [-0.15, -0.1) is 11.8 Å². The van der Waals surface area contributed by atoms with Gasteiger partial charge in [0.1, 0.15) is 5.76 Å². The van der Waals surface area contributed by atoms with Gasteiger partial charge in [0, 0.05) is 31.0 Å². The van der Waals surface area contributed by atoms with Gasteiger partial charge in [-0.3, -0.25) is 4.79 Å². The topological polar surface area (TPSA) is 49.6 Å². The molecular weight excluding hydrogens is 429 g/mol. The summed E-state index contributed by atoms with van der Waals surface area (Å²) in [5.74, 6) is 2.10. The van der Waals surface area contributed by atoms with E-state index in [0.717, 1.165) is 48.0 Å². The van der Waals surface area contributed by atoms with Gasteiger partial charge in [-0.25, -0.2) is 0 Å². The van der Waals surface area contributed by atoms with E-state index in [1.54, 1.807) is 17.8 Å². The summed E-state index contributed by atoms with van der Waals surface area (Å²) in [6.45, 7) is 8.23. The van der Waals surface area contributed by atoms with E-state index in [1.807, 2.05) is 30.9 Å². The van der Waals surface area contributed by atoms with Crippen LogP contribution in [0.1, 0.15) is 35.4 Å². The third kappa shape index (κ3) is 6.38. The molecule has 158 valence electrons. The van der Waals surface area contributed by atoms with E-state index in [2.05, 4.69) is 10.1 Å². The third-order valence-corrected chi connectivity index (χ3v) is 6.93. The average Bonchev–Trinajstić information content (AvgIpc) is 3.32. The molecule has 0 spiro atoms. The van der Waals surface area contributed by atoms with Crippen LogP contribution in [0.3, 0.4) is 0 Å². The number of hydrogen-bond donors (Lipinski definition) is 0. The molecule has 0 atom stereocenters. The van der Waals surface area contributed by atoms with Gasteiger partial charge in [0.25, 0.3) is 0 Å². The summed E-state index contributed by atoms with van der Waals surface area (Å²) in [5, 5.41) is 5.03. The van der Waals surface area contributed by atoms with Gasteiger partial charge in [-0.05, 0) is 57.5 Å². The molecule has 8 heteroatoms. The molecule has 0 N–H and O–H groups in total. The molecule has 0 unspecified atom stereocenters. The Kier molecular flexibility index (Phi) is 8.30. The number of rotatable bonds is 9. The van der Waals surface area contributed by atoms with Crippen molar-refractivity contribution < 1.29 is 9.32 Å². The van der Waals surface area contributed by atoms with Crippen molar-refractivity contribution >= 4 is 40.9 Å². The molecule has 0 aliphatic carbocycles. The molecule has 1 aliphatic rings. The van der Waals surface area contributed by atoms with Crippen LogP contribution in [0.4, 0.5) is 0 Å². The van der Waals surface area contributed by atoms with E-state index < -0.39 is 0 Å². The van der Waals surface area contributed by atoms with Crippen molar-refractivity contribution in [2.45, 2.75) is 39.0 Å². The van der Waals surface area contributed by atoms with Crippen LogP contribution in [0.15, 0.2) is 22.7 Å². The summed E-state index contributed by atoms with van der Waals surface area (Å²) in [4.78, 5) is 17.3. The number of amides is 1. The van der Waals surface area contributed by atoms with Crippen molar-refractivity contribution in [3.8, 4) is 0 Å². The molecule has 5 nitrogen and oxygen atoms in total. The maximum atomic E-state index is 13.0. The van der Waals surface area contributed by atoms with Gasteiger partial charge in [-0.1, -0.05) is 34.4 Å². The molecule has 29 heavy (non-hydrogen) atoms. The first kappa shape index (κ1) is 22.5. The third-order valence-electron chi connectivity index (χ3n) is 5.25. The molecule has 1 aliphatic heterocycles. The van der Waals surface area contributed by atoms with Crippen molar-refractivity contribution in [3.63, 3.8) is 0 Å². The summed E-state index contributed by atoms with van der Waals surface area (Å²) < 4.78 is 5.21. The normalized spacial score (nSPS) is 14.5. The van der Waals surface area contributed by atoms with Gasteiger partial charge in [0.05, 0.1) is 21.5 Å². The first-order valence-electron chi connectivity index (χ1n) is 9.87. The number of carbonyl (C=O) groups excluding carboxylic acids is 1. The Balaban J connectivity index is 1.60. The van der Waals surface area contributed by atoms with Gasteiger partial charge in [0.2, 0.25) is 5.91 Å². The van der Waals surface area contributed by atoms with E-state index in [-0.39, 0.29) is 5.91 Å². The van der Waals surface area contributed by atoms with Gasteiger partial charge >= 0.3 is 0 Å². The predicted octanol–water partition coefficient (Wildman–Crippen LogP) is 4.96. The zero-order valence-corrected chi connectivity index (χ0v) is 19.2.